The second-order valence-corrected chi connectivity index (χ2v) is 7.96. The largest absolute Gasteiger partial charge is 0.357 e. The van der Waals surface area contributed by atoms with E-state index in [0.29, 0.717) is 5.92 Å². The molecule has 0 aliphatic carbocycles. The second-order valence-electron chi connectivity index (χ2n) is 7.52. The number of nitrogens with zero attached hydrogens (tertiary/aromatic N) is 5. The third kappa shape index (κ3) is 6.49. The zero-order valence-corrected chi connectivity index (χ0v) is 17.8. The number of aromatic nitrogens is 1. The Labute approximate surface area is 163 Å². The minimum Gasteiger partial charge on any atom is -0.357 e. The van der Waals surface area contributed by atoms with E-state index in [4.69, 9.17) is 16.6 Å². The number of aliphatic imine (C=N–C) groups is 1. The van der Waals surface area contributed by atoms with Gasteiger partial charge in [0.2, 0.25) is 0 Å². The van der Waals surface area contributed by atoms with Gasteiger partial charge in [-0.3, -0.25) is 4.99 Å². The van der Waals surface area contributed by atoms with E-state index in [1.807, 2.05) is 19.3 Å². The molecule has 1 N–H and O–H groups in total. The molecule has 0 bridgehead atoms. The first-order valence-electron chi connectivity index (χ1n) is 9.60. The molecule has 2 heterocycles. The molecule has 1 saturated heterocycles. The minimum atomic E-state index is 0.546. The molecule has 0 saturated carbocycles. The average Bonchev–Trinajstić information content (AvgIpc) is 2.90. The van der Waals surface area contributed by atoms with Crippen molar-refractivity contribution in [3.05, 3.63) is 23.0 Å². The molecule has 7 heteroatoms. The lowest BCUT2D eigenvalue weighted by atomic mass is 10.1. The van der Waals surface area contributed by atoms with Gasteiger partial charge in [-0.15, -0.1) is 0 Å². The van der Waals surface area contributed by atoms with Crippen molar-refractivity contribution in [1.29, 1.82) is 0 Å². The first kappa shape index (κ1) is 21.1. The van der Waals surface area contributed by atoms with Gasteiger partial charge in [0, 0.05) is 71.8 Å². The Kier molecular flexibility index (Phi) is 8.25. The molecular weight excluding hydrogens is 348 g/mol. The van der Waals surface area contributed by atoms with E-state index < -0.39 is 0 Å². The summed E-state index contributed by atoms with van der Waals surface area (Å²) in [6.45, 7) is 12.7. The standard InChI is InChI=1S/C19H35ClN6/c1-6-21-19(25(5)15-18-11-17(20)14-24(18)4)22-12-16(2)13-26-9-7-23(3)8-10-26/h11,14,16H,6-10,12-13,15H2,1-5H3,(H,21,22). The second kappa shape index (κ2) is 10.2. The van der Waals surface area contributed by atoms with Gasteiger partial charge in [0.05, 0.1) is 11.6 Å². The number of nitrogens with one attached hydrogen (secondary N) is 1. The van der Waals surface area contributed by atoms with Gasteiger partial charge >= 0.3 is 0 Å². The predicted octanol–water partition coefficient (Wildman–Crippen LogP) is 1.96. The molecule has 0 amide bonds. The lowest BCUT2D eigenvalue weighted by Crippen LogP contribution is -2.46. The summed E-state index contributed by atoms with van der Waals surface area (Å²) in [5, 5.41) is 4.18. The van der Waals surface area contributed by atoms with Crippen molar-refractivity contribution in [1.82, 2.24) is 24.6 Å². The summed E-state index contributed by atoms with van der Waals surface area (Å²) in [5.41, 5.74) is 1.17. The molecule has 148 valence electrons. The Morgan fingerprint density at radius 3 is 2.58 bits per heavy atom. The van der Waals surface area contributed by atoms with Gasteiger partial charge in [0.25, 0.3) is 0 Å². The monoisotopic (exact) mass is 382 g/mol. The van der Waals surface area contributed by atoms with Crippen LogP contribution in [0.25, 0.3) is 0 Å². The molecule has 1 aliphatic heterocycles. The number of rotatable bonds is 7. The molecule has 1 aromatic heterocycles. The van der Waals surface area contributed by atoms with Crippen molar-refractivity contribution in [2.24, 2.45) is 18.0 Å². The summed E-state index contributed by atoms with van der Waals surface area (Å²) < 4.78 is 2.07. The molecule has 1 unspecified atom stereocenters. The lowest BCUT2D eigenvalue weighted by Gasteiger charge is -2.33. The van der Waals surface area contributed by atoms with Crippen LogP contribution in [0.5, 0.6) is 0 Å². The summed E-state index contributed by atoms with van der Waals surface area (Å²) >= 11 is 6.10. The van der Waals surface area contributed by atoms with Gasteiger partial charge in [-0.25, -0.2) is 0 Å². The highest BCUT2D eigenvalue weighted by molar-refractivity contribution is 6.30. The first-order chi connectivity index (χ1) is 12.4. The normalized spacial score (nSPS) is 18.2. The van der Waals surface area contributed by atoms with Crippen molar-refractivity contribution in [3.8, 4) is 0 Å². The van der Waals surface area contributed by atoms with E-state index in [9.17, 15) is 0 Å². The number of likely N-dealkylation sites (N-methyl/N-ethyl adjacent to an activating group) is 1. The average molecular weight is 383 g/mol. The van der Waals surface area contributed by atoms with Gasteiger partial charge in [-0.2, -0.15) is 0 Å². The van der Waals surface area contributed by atoms with Crippen LogP contribution in [0.2, 0.25) is 5.02 Å². The Bertz CT molecular complexity index is 577. The lowest BCUT2D eigenvalue weighted by molar-refractivity contribution is 0.140. The fourth-order valence-electron chi connectivity index (χ4n) is 3.28. The number of aryl methyl sites for hydroxylation is 1. The van der Waals surface area contributed by atoms with E-state index in [0.717, 1.165) is 37.2 Å². The summed E-state index contributed by atoms with van der Waals surface area (Å²) in [6.07, 6.45) is 1.94. The fraction of sp³-hybridized carbons (Fsp3) is 0.737. The van der Waals surface area contributed by atoms with Crippen molar-refractivity contribution < 1.29 is 0 Å². The van der Waals surface area contributed by atoms with Crippen LogP contribution in [0, 0.1) is 5.92 Å². The maximum Gasteiger partial charge on any atom is 0.194 e. The summed E-state index contributed by atoms with van der Waals surface area (Å²) in [6, 6.07) is 2.01. The number of guanidine groups is 1. The van der Waals surface area contributed by atoms with Crippen LogP contribution < -0.4 is 5.32 Å². The minimum absolute atomic E-state index is 0.546. The van der Waals surface area contributed by atoms with Crippen LogP contribution in [-0.2, 0) is 13.6 Å². The zero-order chi connectivity index (χ0) is 19.1. The maximum absolute atomic E-state index is 6.10. The van der Waals surface area contributed by atoms with E-state index in [-0.39, 0.29) is 0 Å². The molecule has 1 atom stereocenters. The summed E-state index contributed by atoms with van der Waals surface area (Å²) in [4.78, 5) is 12.0. The molecule has 0 radical (unpaired) electrons. The topological polar surface area (TPSA) is 39.0 Å². The fourth-order valence-corrected chi connectivity index (χ4v) is 3.55. The summed E-state index contributed by atoms with van der Waals surface area (Å²) in [5.74, 6) is 1.50. The highest BCUT2D eigenvalue weighted by atomic mass is 35.5. The maximum atomic E-state index is 6.10. The Morgan fingerprint density at radius 1 is 1.31 bits per heavy atom. The van der Waals surface area contributed by atoms with E-state index in [1.165, 1.54) is 31.9 Å². The molecule has 0 aromatic carbocycles. The van der Waals surface area contributed by atoms with Gasteiger partial charge in [-0.1, -0.05) is 18.5 Å². The highest BCUT2D eigenvalue weighted by Gasteiger charge is 2.16. The van der Waals surface area contributed by atoms with Crippen molar-refractivity contribution >= 4 is 17.6 Å². The molecule has 1 aliphatic rings. The van der Waals surface area contributed by atoms with Crippen LogP contribution >= 0.6 is 11.6 Å². The van der Waals surface area contributed by atoms with Gasteiger partial charge in [0.15, 0.2) is 5.96 Å². The zero-order valence-electron chi connectivity index (χ0n) is 17.0. The van der Waals surface area contributed by atoms with Crippen LogP contribution in [0.3, 0.4) is 0 Å². The van der Waals surface area contributed by atoms with Gasteiger partial charge in [-0.05, 0) is 26.0 Å². The first-order valence-corrected chi connectivity index (χ1v) is 9.98. The Balaban J connectivity index is 1.89. The third-order valence-electron chi connectivity index (χ3n) is 4.89. The number of hydrogen-bond donors (Lipinski definition) is 1. The van der Waals surface area contributed by atoms with Gasteiger partial charge < -0.3 is 24.6 Å². The molecule has 0 spiro atoms. The molecular formula is C19H35ClN6. The Hall–Kier alpha value is -1.24. The SMILES string of the molecule is CCNC(=NCC(C)CN1CCN(C)CC1)N(C)Cc1cc(Cl)cn1C. The van der Waals surface area contributed by atoms with E-state index >= 15 is 0 Å². The van der Waals surface area contributed by atoms with Gasteiger partial charge in [0.1, 0.15) is 0 Å². The molecule has 6 nitrogen and oxygen atoms in total. The Morgan fingerprint density at radius 2 is 2.00 bits per heavy atom. The predicted molar refractivity (Wildman–Crippen MR) is 111 cm³/mol. The molecule has 2 rings (SSSR count). The molecule has 26 heavy (non-hydrogen) atoms. The molecule has 1 fully saturated rings. The summed E-state index contributed by atoms with van der Waals surface area (Å²) in [7, 11) is 6.30. The van der Waals surface area contributed by atoms with Crippen molar-refractivity contribution in [3.63, 3.8) is 0 Å². The van der Waals surface area contributed by atoms with Crippen LogP contribution in [-0.4, -0.2) is 85.1 Å². The van der Waals surface area contributed by atoms with Crippen molar-refractivity contribution in [2.75, 3.05) is 59.9 Å². The highest BCUT2D eigenvalue weighted by Crippen LogP contribution is 2.14. The van der Waals surface area contributed by atoms with Crippen molar-refractivity contribution in [2.45, 2.75) is 20.4 Å². The third-order valence-corrected chi connectivity index (χ3v) is 5.10. The van der Waals surface area contributed by atoms with E-state index in [2.05, 4.69) is 52.5 Å². The van der Waals surface area contributed by atoms with E-state index in [1.54, 1.807) is 0 Å². The molecule has 1 aromatic rings. The number of piperazine rings is 1. The number of hydrogen-bond acceptors (Lipinski definition) is 3. The number of halogens is 1. The van der Waals surface area contributed by atoms with Crippen LogP contribution in [0.1, 0.15) is 19.5 Å². The smallest absolute Gasteiger partial charge is 0.194 e. The quantitative estimate of drug-likeness (QED) is 0.578. The van der Waals surface area contributed by atoms with Crippen LogP contribution in [0.4, 0.5) is 0 Å². The van der Waals surface area contributed by atoms with Crippen LogP contribution in [0.15, 0.2) is 17.3 Å².